The summed E-state index contributed by atoms with van der Waals surface area (Å²) in [7, 11) is -9.89. The molecule has 0 aromatic carbocycles. The van der Waals surface area contributed by atoms with Crippen LogP contribution in [0.1, 0.15) is 350 Å². The van der Waals surface area contributed by atoms with E-state index in [0.29, 0.717) is 25.7 Å². The molecule has 0 saturated carbocycles. The van der Waals surface area contributed by atoms with Crippen LogP contribution in [-0.2, 0) is 65.4 Å². The number of unbranched alkanes of at least 4 members (excludes halogenated alkanes) is 35. The highest BCUT2D eigenvalue weighted by Gasteiger charge is 2.30. The fourth-order valence-corrected chi connectivity index (χ4v) is 12.1. The lowest BCUT2D eigenvalue weighted by Gasteiger charge is -2.21. The van der Waals surface area contributed by atoms with Gasteiger partial charge in [-0.25, -0.2) is 9.13 Å². The van der Waals surface area contributed by atoms with Crippen LogP contribution in [0, 0.1) is 17.8 Å². The number of phosphoric ester groups is 2. The quantitative estimate of drug-likeness (QED) is 0.0222. The van der Waals surface area contributed by atoms with Gasteiger partial charge in [0.1, 0.15) is 19.3 Å². The predicted molar refractivity (Wildman–Crippen MR) is 358 cm³/mol. The minimum atomic E-state index is -4.95. The molecule has 89 heavy (non-hydrogen) atoms. The van der Waals surface area contributed by atoms with Crippen LogP contribution in [0.25, 0.3) is 0 Å². The standard InChI is InChI=1S/C70H136O17P2/c1-8-10-11-34-44-51-67(72)80-57-65(87-70(75)54-47-40-33-32-37-43-50-63(7)9-2)59-84-88(76,77)82-55-64(71)56-83-89(78,79)85-60-66(58-81-68(73)52-45-38-30-26-22-19-15-17-21-25-29-36-42-49-62(5)6)86-69(74)53-46-39-31-27-23-18-14-12-13-16-20-24-28-35-41-48-61(3)4/h61-66,71H,8-60H2,1-7H3,(H,76,77)(H,78,79)/t63?,64-,65+,66+/m0/s1. The molecule has 0 bridgehead atoms. The number of carbonyl (C=O) groups excluding carboxylic acids is 4. The Hall–Kier alpha value is -1.94. The molecule has 0 radical (unpaired) electrons. The highest BCUT2D eigenvalue weighted by molar-refractivity contribution is 7.47. The molecule has 0 aromatic heterocycles. The molecular formula is C70H136O17P2. The van der Waals surface area contributed by atoms with Crippen molar-refractivity contribution in [3.63, 3.8) is 0 Å². The van der Waals surface area contributed by atoms with Gasteiger partial charge >= 0.3 is 39.5 Å². The Morgan fingerprint density at radius 2 is 0.573 bits per heavy atom. The van der Waals surface area contributed by atoms with Gasteiger partial charge in [0.25, 0.3) is 0 Å². The van der Waals surface area contributed by atoms with Crippen LogP contribution in [0.15, 0.2) is 0 Å². The highest BCUT2D eigenvalue weighted by atomic mass is 31.2. The van der Waals surface area contributed by atoms with Crippen molar-refractivity contribution in [3.8, 4) is 0 Å². The minimum absolute atomic E-state index is 0.102. The third-order valence-electron chi connectivity index (χ3n) is 16.5. The molecule has 6 atom stereocenters. The number of carbonyl (C=O) groups is 4. The molecule has 0 fully saturated rings. The Morgan fingerprint density at radius 1 is 0.326 bits per heavy atom. The van der Waals surface area contributed by atoms with Crippen molar-refractivity contribution in [2.24, 2.45) is 17.8 Å². The van der Waals surface area contributed by atoms with Crippen LogP contribution in [0.2, 0.25) is 0 Å². The summed E-state index contributed by atoms with van der Waals surface area (Å²) in [5.74, 6) is 0.175. The molecule has 0 heterocycles. The Balaban J connectivity index is 5.16. The van der Waals surface area contributed by atoms with Gasteiger partial charge in [0, 0.05) is 25.7 Å². The molecule has 3 N–H and O–H groups in total. The molecule has 0 saturated heterocycles. The van der Waals surface area contributed by atoms with Gasteiger partial charge in [0.05, 0.1) is 26.4 Å². The molecular weight excluding hydrogens is 1170 g/mol. The van der Waals surface area contributed by atoms with E-state index in [4.69, 9.17) is 37.0 Å². The van der Waals surface area contributed by atoms with Gasteiger partial charge < -0.3 is 33.8 Å². The Labute approximate surface area is 543 Å². The average molecular weight is 1310 g/mol. The highest BCUT2D eigenvalue weighted by Crippen LogP contribution is 2.45. The molecule has 0 rings (SSSR count). The topological polar surface area (TPSA) is 237 Å². The summed E-state index contributed by atoms with van der Waals surface area (Å²) in [5, 5.41) is 10.6. The summed E-state index contributed by atoms with van der Waals surface area (Å²) in [4.78, 5) is 72.2. The maximum atomic E-state index is 13.0. The summed E-state index contributed by atoms with van der Waals surface area (Å²) < 4.78 is 68.0. The van der Waals surface area contributed by atoms with Crippen molar-refractivity contribution < 1.29 is 80.2 Å². The number of esters is 4. The number of phosphoric acid groups is 2. The lowest BCUT2D eigenvalue weighted by atomic mass is 10.00. The zero-order chi connectivity index (χ0) is 65.9. The van der Waals surface area contributed by atoms with Crippen LogP contribution in [0.4, 0.5) is 0 Å². The van der Waals surface area contributed by atoms with E-state index in [-0.39, 0.29) is 25.7 Å². The maximum absolute atomic E-state index is 13.0. The number of hydrogen-bond donors (Lipinski definition) is 3. The fourth-order valence-electron chi connectivity index (χ4n) is 10.5. The lowest BCUT2D eigenvalue weighted by molar-refractivity contribution is -0.161. The Bertz CT molecular complexity index is 1750. The van der Waals surface area contributed by atoms with Gasteiger partial charge in [-0.1, -0.05) is 299 Å². The number of aliphatic hydroxyl groups excluding tert-OH is 1. The first-order valence-electron chi connectivity index (χ1n) is 36.4. The lowest BCUT2D eigenvalue weighted by Crippen LogP contribution is -2.30. The molecule has 0 spiro atoms. The first-order chi connectivity index (χ1) is 42.8. The number of aliphatic hydroxyl groups is 1. The SMILES string of the molecule is CCCCCCCC(=O)OC[C@H](COP(=O)(O)OC[C@H](O)COP(=O)(O)OC[C@@H](COC(=O)CCCCCCCCCCCCCCCC(C)C)OC(=O)CCCCCCCCCCCCCCCCCC(C)C)OC(=O)CCCCCCCCC(C)CC. The molecule has 17 nitrogen and oxygen atoms in total. The van der Waals surface area contributed by atoms with Crippen molar-refractivity contribution >= 4 is 39.5 Å². The van der Waals surface area contributed by atoms with E-state index >= 15 is 0 Å². The van der Waals surface area contributed by atoms with Gasteiger partial charge in [0.15, 0.2) is 12.2 Å². The number of ether oxygens (including phenoxy) is 4. The van der Waals surface area contributed by atoms with E-state index in [0.717, 1.165) is 114 Å². The summed E-state index contributed by atoms with van der Waals surface area (Å²) in [5.41, 5.74) is 0. The smallest absolute Gasteiger partial charge is 0.462 e. The monoisotopic (exact) mass is 1310 g/mol. The van der Waals surface area contributed by atoms with E-state index in [2.05, 4.69) is 48.5 Å². The summed E-state index contributed by atoms with van der Waals surface area (Å²) in [6, 6.07) is 0. The van der Waals surface area contributed by atoms with Crippen molar-refractivity contribution in [3.05, 3.63) is 0 Å². The molecule has 19 heteroatoms. The minimum Gasteiger partial charge on any atom is -0.462 e. The second-order valence-electron chi connectivity index (χ2n) is 26.5. The average Bonchev–Trinajstić information content (AvgIpc) is 3.71. The molecule has 0 aliphatic rings. The zero-order valence-corrected chi connectivity index (χ0v) is 59.7. The van der Waals surface area contributed by atoms with Crippen LogP contribution >= 0.6 is 15.6 Å². The molecule has 0 amide bonds. The van der Waals surface area contributed by atoms with E-state index in [1.54, 1.807) is 0 Å². The van der Waals surface area contributed by atoms with Crippen molar-refractivity contribution in [1.29, 1.82) is 0 Å². The van der Waals surface area contributed by atoms with Crippen molar-refractivity contribution in [2.75, 3.05) is 39.6 Å². The summed E-state index contributed by atoms with van der Waals surface area (Å²) in [6.07, 6.45) is 44.9. The second-order valence-corrected chi connectivity index (χ2v) is 29.4. The molecule has 0 aliphatic heterocycles. The normalized spacial score (nSPS) is 14.5. The van der Waals surface area contributed by atoms with E-state index in [1.807, 2.05) is 0 Å². The van der Waals surface area contributed by atoms with Crippen LogP contribution < -0.4 is 0 Å². The van der Waals surface area contributed by atoms with Gasteiger partial charge in [-0.05, 0) is 43.4 Å². The molecule has 528 valence electrons. The molecule has 3 unspecified atom stereocenters. The van der Waals surface area contributed by atoms with Crippen LogP contribution in [-0.4, -0.2) is 96.7 Å². The second kappa shape index (κ2) is 61.0. The van der Waals surface area contributed by atoms with Gasteiger partial charge in [-0.3, -0.25) is 37.3 Å². The van der Waals surface area contributed by atoms with Gasteiger partial charge in [-0.2, -0.15) is 0 Å². The van der Waals surface area contributed by atoms with Gasteiger partial charge in [0.2, 0.25) is 0 Å². The Morgan fingerprint density at radius 3 is 0.854 bits per heavy atom. The Kier molecular flexibility index (Phi) is 59.6. The maximum Gasteiger partial charge on any atom is 0.472 e. The third kappa shape index (κ3) is 63.2. The third-order valence-corrected chi connectivity index (χ3v) is 18.4. The number of rotatable bonds is 68. The van der Waals surface area contributed by atoms with Gasteiger partial charge in [-0.15, -0.1) is 0 Å². The predicted octanol–water partition coefficient (Wildman–Crippen LogP) is 19.8. The number of hydrogen-bond acceptors (Lipinski definition) is 15. The van der Waals surface area contributed by atoms with E-state index in [9.17, 15) is 43.2 Å². The van der Waals surface area contributed by atoms with Crippen molar-refractivity contribution in [2.45, 2.75) is 369 Å². The zero-order valence-electron chi connectivity index (χ0n) is 57.9. The first-order valence-corrected chi connectivity index (χ1v) is 39.4. The van der Waals surface area contributed by atoms with E-state index in [1.165, 1.54) is 154 Å². The fraction of sp³-hybridized carbons (Fsp3) is 0.943. The van der Waals surface area contributed by atoms with Crippen LogP contribution in [0.5, 0.6) is 0 Å². The van der Waals surface area contributed by atoms with Crippen molar-refractivity contribution in [1.82, 2.24) is 0 Å². The summed E-state index contributed by atoms with van der Waals surface area (Å²) in [6.45, 7) is 11.8. The first kappa shape index (κ1) is 87.1. The van der Waals surface area contributed by atoms with Crippen LogP contribution in [0.3, 0.4) is 0 Å². The van der Waals surface area contributed by atoms with E-state index < -0.39 is 97.5 Å². The molecule has 0 aliphatic carbocycles. The largest absolute Gasteiger partial charge is 0.472 e. The molecule has 0 aromatic rings. The summed E-state index contributed by atoms with van der Waals surface area (Å²) >= 11 is 0.